The molecule has 0 fully saturated rings. The molecule has 0 bridgehead atoms. The Morgan fingerprint density at radius 2 is 1.96 bits per heavy atom. The molecule has 6 nitrogen and oxygen atoms in total. The van der Waals surface area contributed by atoms with Gasteiger partial charge in [-0.1, -0.05) is 30.3 Å². The van der Waals surface area contributed by atoms with Crippen LogP contribution in [0, 0.1) is 0 Å². The molecule has 0 spiro atoms. The minimum absolute atomic E-state index is 0.105. The number of thiazole rings is 1. The molecule has 1 aromatic carbocycles. The van der Waals surface area contributed by atoms with Crippen molar-refractivity contribution in [1.82, 2.24) is 9.88 Å². The topological polar surface area (TPSA) is 89.4 Å². The Labute approximate surface area is 148 Å². The van der Waals surface area contributed by atoms with Gasteiger partial charge in [0.15, 0.2) is 10.8 Å². The van der Waals surface area contributed by atoms with E-state index in [9.17, 15) is 9.59 Å². The van der Waals surface area contributed by atoms with Gasteiger partial charge in [-0.25, -0.2) is 4.98 Å². The van der Waals surface area contributed by atoms with Crippen molar-refractivity contribution in [3.05, 3.63) is 65.4 Å². The summed E-state index contributed by atoms with van der Waals surface area (Å²) < 4.78 is 5.31. The van der Waals surface area contributed by atoms with E-state index in [0.717, 1.165) is 5.56 Å². The van der Waals surface area contributed by atoms with Crippen molar-refractivity contribution in [1.29, 1.82) is 0 Å². The molecule has 0 unspecified atom stereocenters. The molecule has 0 saturated carbocycles. The van der Waals surface area contributed by atoms with Gasteiger partial charge in [0.25, 0.3) is 5.91 Å². The van der Waals surface area contributed by atoms with E-state index in [0.29, 0.717) is 23.0 Å². The molecule has 0 radical (unpaired) electrons. The van der Waals surface area contributed by atoms with Gasteiger partial charge in [0.1, 0.15) is 5.69 Å². The third-order valence-electron chi connectivity index (χ3n) is 3.59. The normalized spacial score (nSPS) is 10.6. The van der Waals surface area contributed by atoms with E-state index in [1.54, 1.807) is 28.7 Å². The second-order valence-electron chi connectivity index (χ2n) is 5.44. The van der Waals surface area contributed by atoms with Crippen LogP contribution in [0.15, 0.2) is 58.5 Å². The first-order valence-corrected chi connectivity index (χ1v) is 8.62. The van der Waals surface area contributed by atoms with Crippen LogP contribution in [0.1, 0.15) is 22.5 Å². The first-order valence-electron chi connectivity index (χ1n) is 7.74. The van der Waals surface area contributed by atoms with Gasteiger partial charge in [-0.15, -0.1) is 11.3 Å². The van der Waals surface area contributed by atoms with Crippen LogP contribution in [0.5, 0.6) is 0 Å². The van der Waals surface area contributed by atoms with Crippen LogP contribution in [0.4, 0.5) is 0 Å². The fraction of sp³-hybridized carbons (Fsp3) is 0.167. The van der Waals surface area contributed by atoms with Gasteiger partial charge in [-0.3, -0.25) is 9.59 Å². The number of benzene rings is 1. The molecule has 2 aromatic heterocycles. The van der Waals surface area contributed by atoms with Crippen LogP contribution in [0.2, 0.25) is 0 Å². The maximum Gasteiger partial charge on any atom is 0.273 e. The maximum absolute atomic E-state index is 12.8. The monoisotopic (exact) mass is 355 g/mol. The van der Waals surface area contributed by atoms with Gasteiger partial charge in [-0.05, 0) is 17.7 Å². The average Bonchev–Trinajstić information content (AvgIpc) is 3.29. The summed E-state index contributed by atoms with van der Waals surface area (Å²) >= 11 is 1.34. The third-order valence-corrected chi connectivity index (χ3v) is 4.44. The average molecular weight is 355 g/mol. The molecule has 0 aliphatic rings. The van der Waals surface area contributed by atoms with Crippen molar-refractivity contribution in [2.45, 2.75) is 13.0 Å². The van der Waals surface area contributed by atoms with Gasteiger partial charge in [0.05, 0.1) is 6.26 Å². The number of hydrogen-bond donors (Lipinski definition) is 1. The first-order chi connectivity index (χ1) is 12.1. The summed E-state index contributed by atoms with van der Waals surface area (Å²) in [6, 6.07) is 13.2. The Morgan fingerprint density at radius 3 is 2.64 bits per heavy atom. The summed E-state index contributed by atoms with van der Waals surface area (Å²) in [6.45, 7) is 0.636. The highest BCUT2D eigenvalue weighted by Crippen LogP contribution is 2.24. The Bertz CT molecular complexity index is 844. The summed E-state index contributed by atoms with van der Waals surface area (Å²) in [5.74, 6) is -0.0598. The zero-order valence-electron chi connectivity index (χ0n) is 13.4. The Morgan fingerprint density at radius 1 is 1.16 bits per heavy atom. The SMILES string of the molecule is NC(=O)CCN(Cc1ccccc1)C(=O)c1csc(-c2ccco2)n1. The third kappa shape index (κ3) is 4.33. The molecule has 0 aliphatic heterocycles. The summed E-state index contributed by atoms with van der Waals surface area (Å²) in [5.41, 5.74) is 6.54. The second kappa shape index (κ2) is 7.76. The summed E-state index contributed by atoms with van der Waals surface area (Å²) in [7, 11) is 0. The summed E-state index contributed by atoms with van der Waals surface area (Å²) in [5, 5.41) is 2.34. The van der Waals surface area contributed by atoms with Crippen molar-refractivity contribution >= 4 is 23.2 Å². The van der Waals surface area contributed by atoms with Crippen molar-refractivity contribution in [2.75, 3.05) is 6.54 Å². The molecular weight excluding hydrogens is 338 g/mol. The lowest BCUT2D eigenvalue weighted by Crippen LogP contribution is -2.33. The molecule has 7 heteroatoms. The van der Waals surface area contributed by atoms with Crippen LogP contribution in [-0.4, -0.2) is 28.2 Å². The second-order valence-corrected chi connectivity index (χ2v) is 6.30. The maximum atomic E-state index is 12.8. The van der Waals surface area contributed by atoms with Crippen LogP contribution in [-0.2, 0) is 11.3 Å². The summed E-state index contributed by atoms with van der Waals surface area (Å²) in [6.07, 6.45) is 1.67. The van der Waals surface area contributed by atoms with Crippen molar-refractivity contribution in [2.24, 2.45) is 5.73 Å². The number of furan rings is 1. The molecule has 3 rings (SSSR count). The van der Waals surface area contributed by atoms with Crippen LogP contribution < -0.4 is 5.73 Å². The van der Waals surface area contributed by atoms with E-state index in [1.807, 2.05) is 30.3 Å². The zero-order chi connectivity index (χ0) is 17.6. The fourth-order valence-electron chi connectivity index (χ4n) is 2.35. The van der Waals surface area contributed by atoms with Crippen molar-refractivity contribution in [3.63, 3.8) is 0 Å². The van der Waals surface area contributed by atoms with Crippen LogP contribution in [0.25, 0.3) is 10.8 Å². The van der Waals surface area contributed by atoms with E-state index in [2.05, 4.69) is 4.98 Å². The Kier molecular flexibility index (Phi) is 5.25. The lowest BCUT2D eigenvalue weighted by Gasteiger charge is -2.21. The predicted octanol–water partition coefficient (Wildman–Crippen LogP) is 2.92. The number of nitrogens with zero attached hydrogens (tertiary/aromatic N) is 2. The predicted molar refractivity (Wildman–Crippen MR) is 94.8 cm³/mol. The number of nitrogens with two attached hydrogens (primary N) is 1. The number of carbonyl (C=O) groups is 2. The molecule has 25 heavy (non-hydrogen) atoms. The zero-order valence-corrected chi connectivity index (χ0v) is 14.2. The fourth-order valence-corrected chi connectivity index (χ4v) is 3.11. The molecular formula is C18H17N3O3S. The number of hydrogen-bond acceptors (Lipinski definition) is 5. The highest BCUT2D eigenvalue weighted by molar-refractivity contribution is 7.13. The molecule has 3 aromatic rings. The molecule has 128 valence electrons. The molecule has 2 N–H and O–H groups in total. The number of aromatic nitrogens is 1. The number of amides is 2. The van der Waals surface area contributed by atoms with Crippen LogP contribution in [0.3, 0.4) is 0 Å². The molecule has 2 amide bonds. The largest absolute Gasteiger partial charge is 0.462 e. The Balaban J connectivity index is 1.79. The standard InChI is InChI=1S/C18H17N3O3S/c19-16(22)8-9-21(11-13-5-2-1-3-6-13)18(23)14-12-25-17(20-14)15-7-4-10-24-15/h1-7,10,12H,8-9,11H2,(H2,19,22). The van der Waals surface area contributed by atoms with Gasteiger partial charge < -0.3 is 15.1 Å². The van der Waals surface area contributed by atoms with Crippen molar-refractivity contribution in [3.8, 4) is 10.8 Å². The quantitative estimate of drug-likeness (QED) is 0.705. The number of carbonyl (C=O) groups excluding carboxylic acids is 2. The molecule has 0 saturated heterocycles. The lowest BCUT2D eigenvalue weighted by molar-refractivity contribution is -0.118. The minimum Gasteiger partial charge on any atom is -0.462 e. The van der Waals surface area contributed by atoms with Gasteiger partial charge in [-0.2, -0.15) is 0 Å². The molecule has 2 heterocycles. The first kappa shape index (κ1) is 16.9. The lowest BCUT2D eigenvalue weighted by atomic mass is 10.2. The van der Waals surface area contributed by atoms with Crippen molar-refractivity contribution < 1.29 is 14.0 Å². The smallest absolute Gasteiger partial charge is 0.273 e. The van der Waals surface area contributed by atoms with E-state index >= 15 is 0 Å². The minimum atomic E-state index is -0.444. The van der Waals surface area contributed by atoms with Gasteiger partial charge >= 0.3 is 0 Å². The van der Waals surface area contributed by atoms with Gasteiger partial charge in [0, 0.05) is 24.9 Å². The highest BCUT2D eigenvalue weighted by atomic mass is 32.1. The number of rotatable bonds is 7. The van der Waals surface area contributed by atoms with Gasteiger partial charge in [0.2, 0.25) is 5.91 Å². The van der Waals surface area contributed by atoms with E-state index in [1.165, 1.54) is 11.3 Å². The highest BCUT2D eigenvalue weighted by Gasteiger charge is 2.20. The van der Waals surface area contributed by atoms with E-state index in [4.69, 9.17) is 10.2 Å². The molecule has 0 aliphatic carbocycles. The Hall–Kier alpha value is -2.93. The molecule has 0 atom stereocenters. The van der Waals surface area contributed by atoms with E-state index in [-0.39, 0.29) is 18.9 Å². The van der Waals surface area contributed by atoms with E-state index < -0.39 is 5.91 Å². The number of primary amides is 1. The van der Waals surface area contributed by atoms with Crippen LogP contribution >= 0.6 is 11.3 Å². The summed E-state index contributed by atoms with van der Waals surface area (Å²) in [4.78, 5) is 29.9.